The van der Waals surface area contributed by atoms with Gasteiger partial charge in [0.05, 0.1) is 44.8 Å². The van der Waals surface area contributed by atoms with Crippen molar-refractivity contribution in [2.24, 2.45) is 15.8 Å². The van der Waals surface area contributed by atoms with E-state index in [4.69, 9.17) is 24.9 Å². The normalized spacial score (nSPS) is 14.0. The molecule has 1 amide bonds. The molecule has 0 radical (unpaired) electrons. The van der Waals surface area contributed by atoms with Gasteiger partial charge in [0.1, 0.15) is 5.75 Å². The molecule has 1 fully saturated rings. The van der Waals surface area contributed by atoms with Crippen LogP contribution in [0.3, 0.4) is 0 Å². The summed E-state index contributed by atoms with van der Waals surface area (Å²) in [6.45, 7) is 0. The monoisotopic (exact) mass is 468 g/mol. The molecule has 33 heavy (non-hydrogen) atoms. The predicted molar refractivity (Wildman–Crippen MR) is 126 cm³/mol. The summed E-state index contributed by atoms with van der Waals surface area (Å²) in [6.07, 6.45) is 3.75. The highest BCUT2D eigenvalue weighted by molar-refractivity contribution is 7.07. The topological polar surface area (TPSA) is 121 Å². The van der Waals surface area contributed by atoms with Gasteiger partial charge in [-0.15, -0.1) is 11.3 Å². The van der Waals surface area contributed by atoms with Gasteiger partial charge in [0.15, 0.2) is 11.5 Å². The zero-order valence-electron chi connectivity index (χ0n) is 18.4. The lowest BCUT2D eigenvalue weighted by Crippen LogP contribution is -2.14. The third-order valence-electron chi connectivity index (χ3n) is 5.13. The molecule has 3 N–H and O–H groups in total. The molecule has 4 rings (SSSR count). The smallest absolute Gasteiger partial charge is 0.252 e. The number of ether oxygens (including phenoxy) is 3. The third-order valence-corrected chi connectivity index (χ3v) is 5.96. The quantitative estimate of drug-likeness (QED) is 0.493. The largest absolute Gasteiger partial charge is 0.507 e. The zero-order valence-corrected chi connectivity index (χ0v) is 19.3. The van der Waals surface area contributed by atoms with Crippen molar-refractivity contribution in [2.45, 2.75) is 18.9 Å². The molecule has 0 saturated heterocycles. The molecule has 1 heterocycles. The minimum atomic E-state index is -0.711. The molecule has 0 aliphatic heterocycles. The average Bonchev–Trinajstić information content (AvgIpc) is 3.55. The Morgan fingerprint density at radius 3 is 2.55 bits per heavy atom. The first-order valence-electron chi connectivity index (χ1n) is 10.2. The first-order chi connectivity index (χ1) is 16.0. The summed E-state index contributed by atoms with van der Waals surface area (Å²) in [4.78, 5) is 17.2. The highest BCUT2D eigenvalue weighted by Crippen LogP contribution is 2.39. The van der Waals surface area contributed by atoms with Gasteiger partial charge in [-0.25, -0.2) is 4.68 Å². The van der Waals surface area contributed by atoms with Crippen LogP contribution < -0.4 is 24.7 Å². The van der Waals surface area contributed by atoms with Crippen molar-refractivity contribution in [3.8, 4) is 34.3 Å². The molecule has 1 aliphatic carbocycles. The standard InChI is InChI=1S/C23H24N4O5S/c1-30-19-9-5-14(20(31-2)21(19)32-3)11-25-27-17(12-33-23(27)26-15-6-7-15)13-4-8-18(28)16(10-13)22(24)29/h4-5,8-12,15,28H,6-7H2,1-3H3,(H2,24,29). The van der Waals surface area contributed by atoms with Gasteiger partial charge in [-0.2, -0.15) is 5.10 Å². The maximum Gasteiger partial charge on any atom is 0.252 e. The molecule has 1 aliphatic rings. The summed E-state index contributed by atoms with van der Waals surface area (Å²) in [5, 5.41) is 16.6. The Kier molecular flexibility index (Phi) is 6.36. The van der Waals surface area contributed by atoms with Crippen molar-refractivity contribution in [1.82, 2.24) is 4.68 Å². The Morgan fingerprint density at radius 2 is 1.91 bits per heavy atom. The Hall–Kier alpha value is -3.79. The number of benzene rings is 2. The highest BCUT2D eigenvalue weighted by Gasteiger charge is 2.21. The van der Waals surface area contributed by atoms with Crippen LogP contribution in [-0.2, 0) is 0 Å². The lowest BCUT2D eigenvalue weighted by molar-refractivity contribution is 0.0998. The van der Waals surface area contributed by atoms with Gasteiger partial charge < -0.3 is 25.1 Å². The molecular formula is C23H24N4O5S. The molecule has 3 aromatic rings. The average molecular weight is 469 g/mol. The molecule has 1 saturated carbocycles. The second kappa shape index (κ2) is 9.37. The van der Waals surface area contributed by atoms with E-state index in [0.29, 0.717) is 34.1 Å². The number of nitrogens with zero attached hydrogens (tertiary/aromatic N) is 3. The molecule has 1 aromatic heterocycles. The van der Waals surface area contributed by atoms with E-state index in [1.807, 2.05) is 11.4 Å². The number of hydrogen-bond acceptors (Lipinski definition) is 8. The van der Waals surface area contributed by atoms with Gasteiger partial charge in [0.25, 0.3) is 5.91 Å². The number of rotatable bonds is 8. The van der Waals surface area contributed by atoms with E-state index in [-0.39, 0.29) is 17.4 Å². The summed E-state index contributed by atoms with van der Waals surface area (Å²) in [5.74, 6) is 0.612. The van der Waals surface area contributed by atoms with E-state index < -0.39 is 5.91 Å². The van der Waals surface area contributed by atoms with Crippen LogP contribution in [0.1, 0.15) is 28.8 Å². The fourth-order valence-electron chi connectivity index (χ4n) is 3.30. The fraction of sp³-hybridized carbons (Fsp3) is 0.261. The Labute approximate surface area is 194 Å². The molecule has 0 atom stereocenters. The Bertz CT molecular complexity index is 1290. The minimum Gasteiger partial charge on any atom is -0.507 e. The summed E-state index contributed by atoms with van der Waals surface area (Å²) < 4.78 is 18.1. The number of aromatic nitrogens is 1. The summed E-state index contributed by atoms with van der Waals surface area (Å²) in [5.41, 5.74) is 7.51. The van der Waals surface area contributed by atoms with E-state index in [1.54, 1.807) is 50.4 Å². The summed E-state index contributed by atoms with van der Waals surface area (Å²) >= 11 is 1.44. The molecule has 0 spiro atoms. The van der Waals surface area contributed by atoms with Crippen molar-refractivity contribution in [2.75, 3.05) is 21.3 Å². The van der Waals surface area contributed by atoms with Crippen LogP contribution in [0.2, 0.25) is 0 Å². The van der Waals surface area contributed by atoms with Crippen LogP contribution in [0, 0.1) is 0 Å². The van der Waals surface area contributed by atoms with Crippen molar-refractivity contribution < 1.29 is 24.1 Å². The lowest BCUT2D eigenvalue weighted by Gasteiger charge is -2.13. The number of primary amides is 1. The van der Waals surface area contributed by atoms with E-state index in [1.165, 1.54) is 17.4 Å². The number of methoxy groups -OCH3 is 3. The van der Waals surface area contributed by atoms with Crippen LogP contribution >= 0.6 is 11.3 Å². The first kappa shape index (κ1) is 22.4. The molecular weight excluding hydrogens is 444 g/mol. The van der Waals surface area contributed by atoms with E-state index in [9.17, 15) is 9.90 Å². The molecule has 2 aromatic carbocycles. The van der Waals surface area contributed by atoms with Crippen LogP contribution in [-0.4, -0.2) is 49.3 Å². The number of carbonyl (C=O) groups excluding carboxylic acids is 1. The maximum absolute atomic E-state index is 11.7. The van der Waals surface area contributed by atoms with Gasteiger partial charge in [0, 0.05) is 16.5 Å². The second-order valence-corrected chi connectivity index (χ2v) is 8.18. The number of amides is 1. The number of nitrogens with two attached hydrogens (primary N) is 1. The van der Waals surface area contributed by atoms with Crippen molar-refractivity contribution >= 4 is 23.5 Å². The highest BCUT2D eigenvalue weighted by atomic mass is 32.1. The molecule has 172 valence electrons. The molecule has 0 bridgehead atoms. The van der Waals surface area contributed by atoms with E-state index >= 15 is 0 Å². The summed E-state index contributed by atoms with van der Waals surface area (Å²) in [6, 6.07) is 8.57. The minimum absolute atomic E-state index is 0.0384. The van der Waals surface area contributed by atoms with Gasteiger partial charge in [0.2, 0.25) is 10.6 Å². The third kappa shape index (κ3) is 4.56. The number of aromatic hydroxyl groups is 1. The summed E-state index contributed by atoms with van der Waals surface area (Å²) in [7, 11) is 4.65. The molecule has 10 heteroatoms. The Morgan fingerprint density at radius 1 is 1.15 bits per heavy atom. The molecule has 9 nitrogen and oxygen atoms in total. The van der Waals surface area contributed by atoms with Crippen molar-refractivity contribution in [3.05, 3.63) is 51.6 Å². The lowest BCUT2D eigenvalue weighted by atomic mass is 10.1. The van der Waals surface area contributed by atoms with Gasteiger partial charge >= 0.3 is 0 Å². The van der Waals surface area contributed by atoms with Crippen LogP contribution in [0.4, 0.5) is 0 Å². The second-order valence-electron chi connectivity index (χ2n) is 7.34. The van der Waals surface area contributed by atoms with Gasteiger partial charge in [-0.1, -0.05) is 0 Å². The van der Waals surface area contributed by atoms with E-state index in [2.05, 4.69) is 5.10 Å². The van der Waals surface area contributed by atoms with Crippen LogP contribution in [0.25, 0.3) is 11.3 Å². The van der Waals surface area contributed by atoms with Crippen molar-refractivity contribution in [3.63, 3.8) is 0 Å². The Balaban J connectivity index is 1.83. The van der Waals surface area contributed by atoms with Crippen LogP contribution in [0.15, 0.2) is 45.8 Å². The maximum atomic E-state index is 11.7. The first-order valence-corrected chi connectivity index (χ1v) is 11.1. The molecule has 0 unspecified atom stereocenters. The number of hydrogen-bond donors (Lipinski definition) is 2. The fourth-order valence-corrected chi connectivity index (χ4v) is 4.21. The predicted octanol–water partition coefficient (Wildman–Crippen LogP) is 2.99. The van der Waals surface area contributed by atoms with Crippen molar-refractivity contribution in [1.29, 1.82) is 0 Å². The SMILES string of the molecule is COc1ccc(C=Nn2c(-c3ccc(O)c(C(N)=O)c3)csc2=NC2CC2)c(OC)c1OC. The van der Waals surface area contributed by atoms with Gasteiger partial charge in [-0.05, 0) is 43.2 Å². The van der Waals surface area contributed by atoms with Gasteiger partial charge in [-0.3, -0.25) is 9.79 Å². The zero-order chi connectivity index (χ0) is 23.5. The van der Waals surface area contributed by atoms with E-state index in [0.717, 1.165) is 17.6 Å². The number of phenols is 1. The van der Waals surface area contributed by atoms with Crippen LogP contribution in [0.5, 0.6) is 23.0 Å². The number of carbonyl (C=O) groups is 1. The number of thiazole rings is 1.